The fourth-order valence-electron chi connectivity index (χ4n) is 4.26. The number of hydrogen-bond donors (Lipinski definition) is 0. The second kappa shape index (κ2) is 10.2. The molecule has 0 amide bonds. The van der Waals surface area contributed by atoms with Crippen LogP contribution in [-0.2, 0) is 15.6 Å². The molecule has 0 fully saturated rings. The Morgan fingerprint density at radius 2 is 0.806 bits per heavy atom. The van der Waals surface area contributed by atoms with Crippen molar-refractivity contribution in [1.82, 2.24) is 9.13 Å². The van der Waals surface area contributed by atoms with Crippen LogP contribution >= 0.6 is 0 Å². The number of para-hydroxylation sites is 2. The van der Waals surface area contributed by atoms with Gasteiger partial charge in [-0.05, 0) is 0 Å². The van der Waals surface area contributed by atoms with Crippen molar-refractivity contribution in [1.29, 1.82) is 0 Å². The third kappa shape index (κ3) is 4.82. The fraction of sp³-hybridized carbons (Fsp3) is 0.444. The Hall–Kier alpha value is -1.87. The molecule has 4 heteroatoms. The van der Waals surface area contributed by atoms with Gasteiger partial charge in [0.05, 0.1) is 0 Å². The summed E-state index contributed by atoms with van der Waals surface area (Å²) < 4.78 is 5.24. The predicted octanol–water partition coefficient (Wildman–Crippen LogP) is 7.02. The minimum atomic E-state index is 0. The van der Waals surface area contributed by atoms with E-state index >= 15 is 0 Å². The van der Waals surface area contributed by atoms with Gasteiger partial charge < -0.3 is 5.48 Å². The zero-order chi connectivity index (χ0) is 22.2. The van der Waals surface area contributed by atoms with Gasteiger partial charge in [0.15, 0.2) is 0 Å². The van der Waals surface area contributed by atoms with Crippen molar-refractivity contribution in [3.8, 4) is 11.4 Å². The molecule has 31 heavy (non-hydrogen) atoms. The Labute approximate surface area is 195 Å². The zero-order valence-corrected chi connectivity index (χ0v) is 21.1. The average Bonchev–Trinajstić information content (AvgIpc) is 3.07. The van der Waals surface area contributed by atoms with E-state index in [2.05, 4.69) is 113 Å². The molecule has 0 spiro atoms. The summed E-state index contributed by atoms with van der Waals surface area (Å²) in [7, 11) is 0. The summed E-state index contributed by atoms with van der Waals surface area (Å²) in [6.07, 6.45) is 4.29. The first-order valence-electron chi connectivity index (χ1n) is 11.2. The molecule has 2 aromatic carbocycles. The molecule has 0 unspecified atom stereocenters. The molecule has 1 heterocycles. The van der Waals surface area contributed by atoms with Crippen LogP contribution in [0.5, 0.6) is 0 Å². The Morgan fingerprint density at radius 1 is 0.548 bits per heavy atom. The molecule has 2 N–H and O–H groups in total. The summed E-state index contributed by atoms with van der Waals surface area (Å²) in [5.74, 6) is 1.71. The first kappa shape index (κ1) is 25.4. The van der Waals surface area contributed by atoms with E-state index in [-0.39, 0.29) is 5.48 Å². The number of nitrogens with zero attached hydrogens (tertiary/aromatic N) is 2. The molecule has 0 saturated carbocycles. The van der Waals surface area contributed by atoms with Crippen molar-refractivity contribution in [2.45, 2.75) is 79.1 Å². The van der Waals surface area contributed by atoms with Crippen LogP contribution in [0.3, 0.4) is 0 Å². The Morgan fingerprint density at radius 3 is 1.03 bits per heavy atom. The van der Waals surface area contributed by atoms with Crippen LogP contribution in [-0.4, -0.2) is 14.6 Å². The molecule has 173 valence electrons. The maximum Gasteiger partial charge on any atom is -0.412 e. The number of aromatic nitrogens is 2. The molecule has 3 rings (SSSR count). The van der Waals surface area contributed by atoms with E-state index in [1.165, 1.54) is 33.6 Å². The zero-order valence-electron chi connectivity index (χ0n) is 20.1. The van der Waals surface area contributed by atoms with Gasteiger partial charge in [-0.2, -0.15) is 0 Å². The maximum absolute atomic E-state index is 6.29. The smallest absolute Gasteiger partial charge is 0.412 e. The van der Waals surface area contributed by atoms with Crippen LogP contribution in [0.15, 0.2) is 48.8 Å². The summed E-state index contributed by atoms with van der Waals surface area (Å²) in [5.41, 5.74) is 7.85. The van der Waals surface area contributed by atoms with Crippen molar-refractivity contribution >= 4 is 0 Å². The predicted molar refractivity (Wildman–Crippen MR) is 128 cm³/mol. The quantitative estimate of drug-likeness (QED) is 0.348. The largest absolute Gasteiger partial charge is 0.412 e. The summed E-state index contributed by atoms with van der Waals surface area (Å²) in [6.45, 7) is 18.1. The number of imidazole rings is 1. The standard InChI is InChI=1S/C27H36N2.Cu.H2O/c1-18(2)22-11-9-12-23(19(3)4)26(22)28-15-16-29(17-28)27-24(20(5)6)13-10-14-25(27)21(7)8;;/h9-16,18-21H,1-8H3;;1H2. The van der Waals surface area contributed by atoms with Crippen molar-refractivity contribution < 1.29 is 21.1 Å². The molecule has 3 aromatic rings. The molecule has 0 saturated heterocycles. The molecule has 3 nitrogen and oxygen atoms in total. The SMILES string of the molecule is CC(C)c1cccc(C(C)C)c1-n1ccn(-c2c(C(C)C)cccc2C(C)C)[c]1=[Cu].O. The number of benzene rings is 2. The molecule has 0 bridgehead atoms. The monoisotopic (exact) mass is 469 g/mol. The molecular weight excluding hydrogens is 432 g/mol. The van der Waals surface area contributed by atoms with Gasteiger partial charge >= 0.3 is 191 Å². The van der Waals surface area contributed by atoms with Gasteiger partial charge in [0.25, 0.3) is 0 Å². The van der Waals surface area contributed by atoms with Crippen LogP contribution < -0.4 is 0 Å². The van der Waals surface area contributed by atoms with Crippen molar-refractivity contribution in [2.75, 3.05) is 0 Å². The van der Waals surface area contributed by atoms with Gasteiger partial charge in [-0.15, -0.1) is 0 Å². The van der Waals surface area contributed by atoms with Gasteiger partial charge in [-0.25, -0.2) is 0 Å². The third-order valence-corrected chi connectivity index (χ3v) is 6.35. The Kier molecular flexibility index (Phi) is 8.33. The Bertz CT molecular complexity index is 950. The molecule has 0 aliphatic heterocycles. The fourth-order valence-corrected chi connectivity index (χ4v) is 4.61. The van der Waals surface area contributed by atoms with E-state index in [1.54, 1.807) is 0 Å². The average molecular weight is 470 g/mol. The van der Waals surface area contributed by atoms with E-state index in [0.29, 0.717) is 23.7 Å². The van der Waals surface area contributed by atoms with Crippen LogP contribution in [0.25, 0.3) is 11.4 Å². The minimum Gasteiger partial charge on any atom is -0.412 e. The van der Waals surface area contributed by atoms with Gasteiger partial charge in [0, 0.05) is 0 Å². The van der Waals surface area contributed by atoms with E-state index < -0.39 is 0 Å². The molecular formula is C27H38CuN2O. The number of rotatable bonds is 6. The molecule has 0 aliphatic rings. The van der Waals surface area contributed by atoms with Crippen molar-refractivity contribution in [3.05, 3.63) is 75.4 Å². The van der Waals surface area contributed by atoms with Crippen molar-refractivity contribution in [3.63, 3.8) is 0 Å². The normalized spacial score (nSPS) is 11.7. The first-order chi connectivity index (χ1) is 14.1. The second-order valence-electron chi connectivity index (χ2n) is 9.46. The summed E-state index contributed by atoms with van der Waals surface area (Å²) in [4.78, 5) is 0. The van der Waals surface area contributed by atoms with Gasteiger partial charge in [0.1, 0.15) is 0 Å². The summed E-state index contributed by atoms with van der Waals surface area (Å²) >= 11 is 6.29. The molecule has 0 aliphatic carbocycles. The maximum atomic E-state index is 6.29. The van der Waals surface area contributed by atoms with Crippen LogP contribution in [0.1, 0.15) is 101 Å². The van der Waals surface area contributed by atoms with E-state index in [1.807, 2.05) is 0 Å². The number of hydrogen-bond acceptors (Lipinski definition) is 0. The summed E-state index contributed by atoms with van der Waals surface area (Å²) in [6, 6.07) is 13.3. The van der Waals surface area contributed by atoms with Crippen LogP contribution in [0.4, 0.5) is 0 Å². The van der Waals surface area contributed by atoms with E-state index in [4.69, 9.17) is 15.6 Å². The second-order valence-corrected chi connectivity index (χ2v) is 9.88. The molecule has 0 atom stereocenters. The molecule has 0 radical (unpaired) electrons. The van der Waals surface area contributed by atoms with Gasteiger partial charge in [0.2, 0.25) is 0 Å². The van der Waals surface area contributed by atoms with Gasteiger partial charge in [-0.3, -0.25) is 0 Å². The third-order valence-electron chi connectivity index (χ3n) is 5.89. The van der Waals surface area contributed by atoms with Gasteiger partial charge in [-0.1, -0.05) is 0 Å². The van der Waals surface area contributed by atoms with Crippen LogP contribution in [0.2, 0.25) is 0 Å². The van der Waals surface area contributed by atoms with Crippen molar-refractivity contribution in [2.24, 2.45) is 0 Å². The minimum absolute atomic E-state index is 0. The van der Waals surface area contributed by atoms with E-state index in [0.717, 1.165) is 4.32 Å². The summed E-state index contributed by atoms with van der Waals surface area (Å²) in [5, 5.41) is 0. The molecule has 1 aromatic heterocycles. The first-order valence-corrected chi connectivity index (χ1v) is 11.6. The van der Waals surface area contributed by atoms with Crippen LogP contribution in [0, 0.1) is 4.32 Å². The van der Waals surface area contributed by atoms with E-state index in [9.17, 15) is 0 Å². The Balaban J connectivity index is 0.00000341. The topological polar surface area (TPSA) is 41.4 Å².